The van der Waals surface area contributed by atoms with Crippen LogP contribution in [0.2, 0.25) is 0 Å². The third-order valence-electron chi connectivity index (χ3n) is 8.15. The summed E-state index contributed by atoms with van der Waals surface area (Å²) in [4.78, 5) is 29.3. The second kappa shape index (κ2) is 15.2. The maximum Gasteiger partial charge on any atom is 0.264 e. The second-order valence-electron chi connectivity index (χ2n) is 11.3. The fraction of sp³-hybridized carbons (Fsp3) is 0.412. The van der Waals surface area contributed by atoms with Gasteiger partial charge in [-0.1, -0.05) is 49.1 Å². The van der Waals surface area contributed by atoms with Gasteiger partial charge in [0.2, 0.25) is 11.8 Å². The number of carbonyl (C=O) groups excluding carboxylic acids is 2. The molecule has 0 saturated heterocycles. The fourth-order valence-electron chi connectivity index (χ4n) is 5.47. The summed E-state index contributed by atoms with van der Waals surface area (Å²) in [5, 5.41) is 3.12. The molecule has 45 heavy (non-hydrogen) atoms. The smallest absolute Gasteiger partial charge is 0.264 e. The normalized spacial score (nSPS) is 14.2. The maximum atomic E-state index is 14.3. The number of anilines is 1. The molecule has 1 aliphatic carbocycles. The number of rotatable bonds is 13. The van der Waals surface area contributed by atoms with Crippen molar-refractivity contribution in [2.45, 2.75) is 69.5 Å². The van der Waals surface area contributed by atoms with E-state index < -0.39 is 28.5 Å². The van der Waals surface area contributed by atoms with Crippen LogP contribution in [-0.4, -0.2) is 65.1 Å². The lowest BCUT2D eigenvalue weighted by molar-refractivity contribution is -0.139. The summed E-state index contributed by atoms with van der Waals surface area (Å²) in [5.74, 6) is 0.493. The SMILES string of the molecule is COc1cccc(CN(C(=O)CN(c2ccc(OC)c(OC)c2)S(=O)(=O)c2ccc(C)cc2)C(C)C(=O)NC2CCCCC2)c1. The zero-order valence-electron chi connectivity index (χ0n) is 26.6. The molecule has 3 aromatic rings. The number of hydrogen-bond acceptors (Lipinski definition) is 7. The van der Waals surface area contributed by atoms with Crippen molar-refractivity contribution < 1.29 is 32.2 Å². The molecule has 10 nitrogen and oxygen atoms in total. The molecule has 0 radical (unpaired) electrons. The Balaban J connectivity index is 1.73. The average molecular weight is 638 g/mol. The summed E-state index contributed by atoms with van der Waals surface area (Å²) >= 11 is 0. The van der Waals surface area contributed by atoms with E-state index in [4.69, 9.17) is 14.2 Å². The summed E-state index contributed by atoms with van der Waals surface area (Å²) < 4.78 is 45.5. The molecule has 1 saturated carbocycles. The van der Waals surface area contributed by atoms with Gasteiger partial charge in [-0.3, -0.25) is 13.9 Å². The van der Waals surface area contributed by atoms with Crippen molar-refractivity contribution in [1.82, 2.24) is 10.2 Å². The first-order valence-corrected chi connectivity index (χ1v) is 16.6. The number of hydrogen-bond donors (Lipinski definition) is 1. The largest absolute Gasteiger partial charge is 0.497 e. The van der Waals surface area contributed by atoms with Gasteiger partial charge in [0.25, 0.3) is 10.0 Å². The number of carbonyl (C=O) groups is 2. The summed E-state index contributed by atoms with van der Waals surface area (Å²) in [6.45, 7) is 3.05. The van der Waals surface area contributed by atoms with Gasteiger partial charge in [-0.05, 0) is 68.7 Å². The van der Waals surface area contributed by atoms with E-state index in [1.54, 1.807) is 56.5 Å². The van der Waals surface area contributed by atoms with Crippen LogP contribution in [-0.2, 0) is 26.2 Å². The van der Waals surface area contributed by atoms with Crippen LogP contribution in [0.15, 0.2) is 71.6 Å². The zero-order valence-corrected chi connectivity index (χ0v) is 27.4. The molecule has 0 aromatic heterocycles. The summed E-state index contributed by atoms with van der Waals surface area (Å²) in [5.41, 5.74) is 1.84. The Bertz CT molecular complexity index is 1570. The number of aryl methyl sites for hydroxylation is 1. The van der Waals surface area contributed by atoms with Crippen molar-refractivity contribution in [2.75, 3.05) is 32.2 Å². The number of methoxy groups -OCH3 is 3. The van der Waals surface area contributed by atoms with Crippen LogP contribution in [0.5, 0.6) is 17.2 Å². The summed E-state index contributed by atoms with van der Waals surface area (Å²) in [6.07, 6.45) is 5.02. The average Bonchev–Trinajstić information content (AvgIpc) is 3.06. The molecule has 1 fully saturated rings. The molecule has 1 N–H and O–H groups in total. The zero-order chi connectivity index (χ0) is 32.6. The molecular formula is C34H43N3O7S. The van der Waals surface area contributed by atoms with Gasteiger partial charge in [0.15, 0.2) is 11.5 Å². The number of nitrogens with zero attached hydrogens (tertiary/aromatic N) is 2. The van der Waals surface area contributed by atoms with Crippen LogP contribution in [0.3, 0.4) is 0 Å². The first-order valence-electron chi connectivity index (χ1n) is 15.1. The molecule has 0 aliphatic heterocycles. The third kappa shape index (κ3) is 8.27. The van der Waals surface area contributed by atoms with Crippen molar-refractivity contribution in [3.05, 3.63) is 77.9 Å². The Kier molecular flexibility index (Phi) is 11.3. The van der Waals surface area contributed by atoms with Gasteiger partial charge in [0.05, 0.1) is 31.9 Å². The first-order chi connectivity index (χ1) is 21.6. The Hall–Kier alpha value is -4.25. The van der Waals surface area contributed by atoms with Gasteiger partial charge >= 0.3 is 0 Å². The van der Waals surface area contributed by atoms with Gasteiger partial charge in [0.1, 0.15) is 18.3 Å². The molecule has 4 rings (SSSR count). The van der Waals surface area contributed by atoms with Crippen molar-refractivity contribution >= 4 is 27.5 Å². The number of ether oxygens (including phenoxy) is 3. The molecule has 0 spiro atoms. The van der Waals surface area contributed by atoms with Crippen molar-refractivity contribution in [1.29, 1.82) is 0 Å². The van der Waals surface area contributed by atoms with E-state index in [1.807, 2.05) is 13.0 Å². The summed E-state index contributed by atoms with van der Waals surface area (Å²) in [6, 6.07) is 17.5. The molecule has 242 valence electrons. The van der Waals surface area contributed by atoms with E-state index in [0.29, 0.717) is 17.2 Å². The second-order valence-corrected chi connectivity index (χ2v) is 13.1. The molecule has 0 bridgehead atoms. The van der Waals surface area contributed by atoms with Gasteiger partial charge in [-0.25, -0.2) is 8.42 Å². The molecular weight excluding hydrogens is 594 g/mol. The molecule has 1 atom stereocenters. The highest BCUT2D eigenvalue weighted by molar-refractivity contribution is 7.92. The highest BCUT2D eigenvalue weighted by Crippen LogP contribution is 2.34. The Labute approximate surface area is 266 Å². The van der Waals surface area contributed by atoms with E-state index >= 15 is 0 Å². The third-order valence-corrected chi connectivity index (χ3v) is 9.94. The van der Waals surface area contributed by atoms with E-state index in [-0.39, 0.29) is 29.1 Å². The number of nitrogens with one attached hydrogen (secondary N) is 1. The topological polar surface area (TPSA) is 114 Å². The maximum absolute atomic E-state index is 14.3. The van der Waals surface area contributed by atoms with Crippen molar-refractivity contribution in [2.24, 2.45) is 0 Å². The van der Waals surface area contributed by atoms with Crippen LogP contribution < -0.4 is 23.8 Å². The Morgan fingerprint density at radius 1 is 0.889 bits per heavy atom. The highest BCUT2D eigenvalue weighted by atomic mass is 32.2. The minimum Gasteiger partial charge on any atom is -0.497 e. The van der Waals surface area contributed by atoms with Crippen molar-refractivity contribution in [3.63, 3.8) is 0 Å². The van der Waals surface area contributed by atoms with Gasteiger partial charge in [0, 0.05) is 18.7 Å². The van der Waals surface area contributed by atoms with E-state index in [2.05, 4.69) is 5.32 Å². The monoisotopic (exact) mass is 637 g/mol. The lowest BCUT2D eigenvalue weighted by Crippen LogP contribution is -2.53. The lowest BCUT2D eigenvalue weighted by atomic mass is 9.95. The van der Waals surface area contributed by atoms with Gasteiger partial charge in [-0.15, -0.1) is 0 Å². The molecule has 1 aliphatic rings. The van der Waals surface area contributed by atoms with E-state index in [0.717, 1.165) is 47.5 Å². The summed E-state index contributed by atoms with van der Waals surface area (Å²) in [7, 11) is 0.264. The molecule has 1 unspecified atom stereocenters. The predicted octanol–water partition coefficient (Wildman–Crippen LogP) is 5.08. The van der Waals surface area contributed by atoms with E-state index in [9.17, 15) is 18.0 Å². The minimum atomic E-state index is -4.23. The Morgan fingerprint density at radius 2 is 1.58 bits per heavy atom. The lowest BCUT2D eigenvalue weighted by Gasteiger charge is -2.33. The minimum absolute atomic E-state index is 0.0260. The number of benzene rings is 3. The van der Waals surface area contributed by atoms with Crippen LogP contribution in [0.4, 0.5) is 5.69 Å². The van der Waals surface area contributed by atoms with Crippen molar-refractivity contribution in [3.8, 4) is 17.2 Å². The van der Waals surface area contributed by atoms with Crippen LogP contribution >= 0.6 is 0 Å². The van der Waals surface area contributed by atoms with Gasteiger partial charge < -0.3 is 24.4 Å². The van der Waals surface area contributed by atoms with E-state index in [1.165, 1.54) is 37.3 Å². The molecule has 11 heteroatoms. The Morgan fingerprint density at radius 3 is 2.22 bits per heavy atom. The highest BCUT2D eigenvalue weighted by Gasteiger charge is 2.33. The number of amides is 2. The standard InChI is InChI=1S/C34H43N3O7S/c1-24-14-17-30(18-15-24)45(40,41)37(28-16-19-31(43-4)32(21-28)44-5)23-33(38)36(22-26-10-9-13-29(20-26)42-3)25(2)34(39)35-27-11-7-6-8-12-27/h9-10,13-21,25,27H,6-8,11-12,22-23H2,1-5H3,(H,35,39). The molecule has 3 aromatic carbocycles. The predicted molar refractivity (Wildman–Crippen MR) is 173 cm³/mol. The molecule has 2 amide bonds. The van der Waals surface area contributed by atoms with Gasteiger partial charge in [-0.2, -0.15) is 0 Å². The van der Waals surface area contributed by atoms with Crippen LogP contribution in [0, 0.1) is 6.92 Å². The first kappa shape index (κ1) is 33.6. The quantitative estimate of drug-likeness (QED) is 0.278. The van der Waals surface area contributed by atoms with Crippen LogP contribution in [0.25, 0.3) is 0 Å². The molecule has 0 heterocycles. The fourth-order valence-corrected chi connectivity index (χ4v) is 6.87. The van der Waals surface area contributed by atoms with Crippen LogP contribution in [0.1, 0.15) is 50.2 Å². The number of sulfonamides is 1.